The minimum Gasteiger partial charge on any atom is -0.391 e. The molecular formula is C22H37NO6. The van der Waals surface area contributed by atoms with Crippen LogP contribution in [-0.4, -0.2) is 75.5 Å². The topological polar surface area (TPSA) is 103 Å². The van der Waals surface area contributed by atoms with Crippen molar-refractivity contribution >= 4 is 0 Å². The fraction of sp³-hybridized carbons (Fsp3) is 0.727. The standard InChI is InChI=1S/C22H37NO6/c1-13(2)20-21(26)23(5)17(11-16-9-7-6-8-10-16)18(24)12-19(25)28-15(4)14(3)22(27)29-20/h6-10,13-15,17-22,24-27H,11-12H2,1-5H3/t14-,15?,17-,18+,19-,20-,21?,22+/m0/s1. The Morgan fingerprint density at radius 3 is 2.24 bits per heavy atom. The number of hydrogen-bond donors (Lipinski definition) is 4. The maximum Gasteiger partial charge on any atom is 0.160 e. The number of aliphatic hydroxyl groups is 4. The van der Waals surface area contributed by atoms with E-state index in [4.69, 9.17) is 9.47 Å². The minimum absolute atomic E-state index is 0.00504. The summed E-state index contributed by atoms with van der Waals surface area (Å²) in [6.45, 7) is 7.33. The Hall–Kier alpha value is -1.06. The monoisotopic (exact) mass is 411 g/mol. The highest BCUT2D eigenvalue weighted by Crippen LogP contribution is 2.26. The van der Waals surface area contributed by atoms with Gasteiger partial charge in [-0.1, -0.05) is 51.1 Å². The van der Waals surface area contributed by atoms with E-state index < -0.39 is 49.1 Å². The molecule has 0 aliphatic carbocycles. The molecule has 1 fully saturated rings. The number of benzene rings is 1. The number of aliphatic hydroxyl groups excluding tert-OH is 4. The fourth-order valence-electron chi connectivity index (χ4n) is 3.71. The molecule has 0 radical (unpaired) electrons. The van der Waals surface area contributed by atoms with Gasteiger partial charge in [-0.2, -0.15) is 0 Å². The lowest BCUT2D eigenvalue weighted by Gasteiger charge is -2.42. The van der Waals surface area contributed by atoms with Crippen molar-refractivity contribution < 1.29 is 29.9 Å². The quantitative estimate of drug-likeness (QED) is 0.595. The Kier molecular flexibility index (Phi) is 9.03. The van der Waals surface area contributed by atoms with Gasteiger partial charge in [0.2, 0.25) is 0 Å². The Labute approximate surface area is 173 Å². The second kappa shape index (κ2) is 10.8. The van der Waals surface area contributed by atoms with Gasteiger partial charge in [0.25, 0.3) is 0 Å². The van der Waals surface area contributed by atoms with E-state index in [-0.39, 0.29) is 12.3 Å². The summed E-state index contributed by atoms with van der Waals surface area (Å²) in [5, 5.41) is 42.9. The Balaban J connectivity index is 2.35. The second-order valence-electron chi connectivity index (χ2n) is 8.53. The summed E-state index contributed by atoms with van der Waals surface area (Å²) >= 11 is 0. The molecular weight excluding hydrogens is 374 g/mol. The SMILES string of the molecule is CC(C)[C@@H]1O[C@@H](O)[C@@H](C)C(C)O[C@H](O)C[C@@H](O)[C@H](Cc2ccccc2)N(C)C1O. The lowest BCUT2D eigenvalue weighted by Crippen LogP contribution is -2.56. The first kappa shape index (κ1) is 24.2. The molecule has 0 aromatic heterocycles. The third-order valence-electron chi connectivity index (χ3n) is 5.92. The molecule has 166 valence electrons. The van der Waals surface area contributed by atoms with Crippen LogP contribution in [0.5, 0.6) is 0 Å². The zero-order chi connectivity index (χ0) is 21.7. The highest BCUT2D eigenvalue weighted by molar-refractivity contribution is 5.16. The Morgan fingerprint density at radius 1 is 1.03 bits per heavy atom. The van der Waals surface area contributed by atoms with Crippen LogP contribution in [0.3, 0.4) is 0 Å². The third-order valence-corrected chi connectivity index (χ3v) is 5.92. The molecule has 1 heterocycles. The van der Waals surface area contributed by atoms with Crippen molar-refractivity contribution in [1.29, 1.82) is 0 Å². The van der Waals surface area contributed by atoms with E-state index in [1.807, 2.05) is 44.2 Å². The van der Waals surface area contributed by atoms with Gasteiger partial charge in [0, 0.05) is 18.4 Å². The number of nitrogens with zero attached hydrogens (tertiary/aromatic N) is 1. The summed E-state index contributed by atoms with van der Waals surface area (Å²) in [5.74, 6) is -0.506. The highest BCUT2D eigenvalue weighted by atomic mass is 16.6. The average molecular weight is 412 g/mol. The van der Waals surface area contributed by atoms with E-state index in [0.29, 0.717) is 6.42 Å². The predicted molar refractivity (Wildman–Crippen MR) is 110 cm³/mol. The van der Waals surface area contributed by atoms with Crippen molar-refractivity contribution in [3.05, 3.63) is 35.9 Å². The van der Waals surface area contributed by atoms with Gasteiger partial charge >= 0.3 is 0 Å². The Bertz CT molecular complexity index is 600. The number of rotatable bonds is 3. The Morgan fingerprint density at radius 2 is 1.66 bits per heavy atom. The van der Waals surface area contributed by atoms with Crippen molar-refractivity contribution in [2.45, 2.75) is 83.7 Å². The van der Waals surface area contributed by atoms with Crippen molar-refractivity contribution in [3.63, 3.8) is 0 Å². The van der Waals surface area contributed by atoms with E-state index in [2.05, 4.69) is 0 Å². The van der Waals surface area contributed by atoms with Crippen LogP contribution in [0, 0.1) is 11.8 Å². The van der Waals surface area contributed by atoms with Gasteiger partial charge in [0.05, 0.1) is 12.2 Å². The normalized spacial score (nSPS) is 38.4. The summed E-state index contributed by atoms with van der Waals surface area (Å²) in [5.41, 5.74) is 1.00. The molecule has 1 saturated heterocycles. The third kappa shape index (κ3) is 6.46. The molecule has 2 rings (SSSR count). The van der Waals surface area contributed by atoms with Crippen molar-refractivity contribution in [1.82, 2.24) is 4.90 Å². The molecule has 0 amide bonds. The summed E-state index contributed by atoms with van der Waals surface area (Å²) in [6, 6.07) is 9.19. The van der Waals surface area contributed by atoms with Gasteiger partial charge in [0.15, 0.2) is 12.6 Å². The fourth-order valence-corrected chi connectivity index (χ4v) is 3.71. The van der Waals surface area contributed by atoms with Crippen LogP contribution in [0.25, 0.3) is 0 Å². The highest BCUT2D eigenvalue weighted by Gasteiger charge is 2.38. The van der Waals surface area contributed by atoms with Crippen LogP contribution in [0.15, 0.2) is 30.3 Å². The van der Waals surface area contributed by atoms with Gasteiger partial charge in [0.1, 0.15) is 12.3 Å². The smallest absolute Gasteiger partial charge is 0.160 e. The zero-order valence-corrected chi connectivity index (χ0v) is 18.0. The molecule has 1 aliphatic heterocycles. The van der Waals surface area contributed by atoms with Crippen molar-refractivity contribution in [2.24, 2.45) is 11.8 Å². The van der Waals surface area contributed by atoms with E-state index >= 15 is 0 Å². The first-order valence-corrected chi connectivity index (χ1v) is 10.4. The number of hydrogen-bond acceptors (Lipinski definition) is 7. The number of likely N-dealkylation sites (N-methyl/N-ethyl adjacent to an activating group) is 1. The molecule has 7 heteroatoms. The van der Waals surface area contributed by atoms with Gasteiger partial charge in [-0.05, 0) is 31.9 Å². The van der Waals surface area contributed by atoms with Crippen LogP contribution in [0.2, 0.25) is 0 Å². The molecule has 1 aliphatic rings. The van der Waals surface area contributed by atoms with Gasteiger partial charge < -0.3 is 29.9 Å². The molecule has 4 N–H and O–H groups in total. The lowest BCUT2D eigenvalue weighted by atomic mass is 9.95. The molecule has 1 aromatic carbocycles. The second-order valence-corrected chi connectivity index (χ2v) is 8.53. The minimum atomic E-state index is -1.20. The van der Waals surface area contributed by atoms with Crippen molar-refractivity contribution in [2.75, 3.05) is 7.05 Å². The molecule has 0 saturated carbocycles. The number of ether oxygens (including phenoxy) is 2. The predicted octanol–water partition coefficient (Wildman–Crippen LogP) is 1.33. The summed E-state index contributed by atoms with van der Waals surface area (Å²) in [6.07, 6.45) is -5.04. The summed E-state index contributed by atoms with van der Waals surface area (Å²) in [4.78, 5) is 1.66. The molecule has 29 heavy (non-hydrogen) atoms. The maximum atomic E-state index is 11.1. The van der Waals surface area contributed by atoms with Crippen molar-refractivity contribution in [3.8, 4) is 0 Å². The molecule has 2 unspecified atom stereocenters. The van der Waals surface area contributed by atoms with Crippen LogP contribution in [0.4, 0.5) is 0 Å². The first-order chi connectivity index (χ1) is 13.6. The molecule has 1 aromatic rings. The van der Waals surface area contributed by atoms with Crippen LogP contribution in [0.1, 0.15) is 39.7 Å². The van der Waals surface area contributed by atoms with Gasteiger partial charge in [-0.25, -0.2) is 0 Å². The van der Waals surface area contributed by atoms with E-state index in [0.717, 1.165) is 5.56 Å². The lowest BCUT2D eigenvalue weighted by molar-refractivity contribution is -0.255. The van der Waals surface area contributed by atoms with Crippen LogP contribution < -0.4 is 0 Å². The largest absolute Gasteiger partial charge is 0.391 e. The van der Waals surface area contributed by atoms with Gasteiger partial charge in [-0.15, -0.1) is 0 Å². The molecule has 0 spiro atoms. The van der Waals surface area contributed by atoms with Gasteiger partial charge in [-0.3, -0.25) is 4.90 Å². The van der Waals surface area contributed by atoms with Crippen LogP contribution >= 0.6 is 0 Å². The average Bonchev–Trinajstić information content (AvgIpc) is 2.67. The first-order valence-electron chi connectivity index (χ1n) is 10.4. The summed E-state index contributed by atoms with van der Waals surface area (Å²) < 4.78 is 11.4. The zero-order valence-electron chi connectivity index (χ0n) is 18.0. The van der Waals surface area contributed by atoms with Crippen LogP contribution in [-0.2, 0) is 15.9 Å². The maximum absolute atomic E-state index is 11.1. The van der Waals surface area contributed by atoms with E-state index in [1.54, 1.807) is 25.8 Å². The molecule has 7 nitrogen and oxygen atoms in total. The molecule has 8 atom stereocenters. The van der Waals surface area contributed by atoms with E-state index in [1.165, 1.54) is 0 Å². The summed E-state index contributed by atoms with van der Waals surface area (Å²) in [7, 11) is 1.72. The van der Waals surface area contributed by atoms with E-state index in [9.17, 15) is 20.4 Å². The molecule has 0 bridgehead atoms.